The third-order valence-electron chi connectivity index (χ3n) is 9.92. The van der Waals surface area contributed by atoms with E-state index in [1.54, 1.807) is 0 Å². The highest BCUT2D eigenvalue weighted by atomic mass is 32.2. The molecule has 0 aliphatic heterocycles. The SMILES string of the molecule is CCCCCCCC/C=C\CCCCCCCCSCC(CC)(CC)CSCCCCCCCC/C=C\CCCCCCCC. The van der Waals surface area contributed by atoms with Gasteiger partial charge in [-0.05, 0) is 105 Å². The molecule has 0 N–H and O–H groups in total. The molecule has 0 heterocycles. The van der Waals surface area contributed by atoms with Crippen molar-refractivity contribution in [1.82, 2.24) is 0 Å². The van der Waals surface area contributed by atoms with Crippen LogP contribution in [0.3, 0.4) is 0 Å². The van der Waals surface area contributed by atoms with Gasteiger partial charge in [-0.15, -0.1) is 0 Å². The number of thioether (sulfide) groups is 2. The highest BCUT2D eigenvalue weighted by Crippen LogP contribution is 2.35. The van der Waals surface area contributed by atoms with Gasteiger partial charge in [-0.2, -0.15) is 23.5 Å². The third-order valence-corrected chi connectivity index (χ3v) is 12.7. The van der Waals surface area contributed by atoms with Crippen molar-refractivity contribution in [3.05, 3.63) is 24.3 Å². The molecule has 0 fully saturated rings. The zero-order valence-corrected chi connectivity index (χ0v) is 33.3. The van der Waals surface area contributed by atoms with E-state index in [2.05, 4.69) is 75.5 Å². The van der Waals surface area contributed by atoms with E-state index in [-0.39, 0.29) is 0 Å². The van der Waals surface area contributed by atoms with Crippen molar-refractivity contribution in [3.63, 3.8) is 0 Å². The van der Waals surface area contributed by atoms with E-state index in [9.17, 15) is 0 Å². The predicted molar refractivity (Wildman–Crippen MR) is 217 cm³/mol. The van der Waals surface area contributed by atoms with Crippen LogP contribution in [0.2, 0.25) is 0 Å². The summed E-state index contributed by atoms with van der Waals surface area (Å²) in [6.45, 7) is 9.48. The monoisotopic (exact) mass is 665 g/mol. The number of unbranched alkanes of at least 4 members (excludes halogenated alkanes) is 24. The summed E-state index contributed by atoms with van der Waals surface area (Å²) in [5.41, 5.74) is 0.570. The van der Waals surface area contributed by atoms with E-state index < -0.39 is 0 Å². The quantitative estimate of drug-likeness (QED) is 0.0476. The first-order valence-corrected chi connectivity index (χ1v) is 23.0. The van der Waals surface area contributed by atoms with Crippen LogP contribution in [0.1, 0.15) is 220 Å². The summed E-state index contributed by atoms with van der Waals surface area (Å²) in [5.74, 6) is 5.52. The van der Waals surface area contributed by atoms with Crippen LogP contribution >= 0.6 is 23.5 Å². The molecule has 0 nitrogen and oxygen atoms in total. The van der Waals surface area contributed by atoms with Gasteiger partial charge in [-0.3, -0.25) is 0 Å². The maximum Gasteiger partial charge on any atom is -0.000311 e. The van der Waals surface area contributed by atoms with Crippen LogP contribution in [-0.4, -0.2) is 23.0 Å². The van der Waals surface area contributed by atoms with Crippen LogP contribution < -0.4 is 0 Å². The molecular formula is C43H84S2. The van der Waals surface area contributed by atoms with Crippen molar-refractivity contribution in [2.24, 2.45) is 5.41 Å². The van der Waals surface area contributed by atoms with E-state index in [1.807, 2.05) is 0 Å². The van der Waals surface area contributed by atoms with Crippen molar-refractivity contribution in [2.75, 3.05) is 23.0 Å². The van der Waals surface area contributed by atoms with Gasteiger partial charge in [0.1, 0.15) is 0 Å². The Morgan fingerprint density at radius 2 is 0.600 bits per heavy atom. The minimum Gasteiger partial charge on any atom is -0.161 e. The number of allylic oxidation sites excluding steroid dienone is 4. The molecule has 0 aliphatic carbocycles. The van der Waals surface area contributed by atoms with Crippen LogP contribution in [0, 0.1) is 5.41 Å². The van der Waals surface area contributed by atoms with E-state index >= 15 is 0 Å². The normalized spacial score (nSPS) is 12.4. The summed E-state index contributed by atoms with van der Waals surface area (Å²) < 4.78 is 0. The zero-order chi connectivity index (χ0) is 32.8. The molecule has 0 aromatic heterocycles. The number of hydrogen-bond acceptors (Lipinski definition) is 2. The summed E-state index contributed by atoms with van der Waals surface area (Å²) in [4.78, 5) is 0. The lowest BCUT2D eigenvalue weighted by Gasteiger charge is -2.31. The standard InChI is InChI=1S/C43H84S2/c1-5-9-11-13-15-17-19-21-23-25-27-29-31-33-35-37-39-44-41-43(7-3,8-4)42-45-40-38-36-34-32-30-28-26-24-22-20-18-16-14-12-10-6-2/h21-24H,5-20,25-42H2,1-4H3/b23-21-,24-22-. The molecule has 0 spiro atoms. The topological polar surface area (TPSA) is 0 Å². The van der Waals surface area contributed by atoms with Crippen LogP contribution in [0.4, 0.5) is 0 Å². The average Bonchev–Trinajstić information content (AvgIpc) is 3.06. The van der Waals surface area contributed by atoms with Gasteiger partial charge < -0.3 is 0 Å². The zero-order valence-electron chi connectivity index (χ0n) is 31.7. The molecule has 0 bridgehead atoms. The maximum atomic E-state index is 2.45. The summed E-state index contributed by atoms with van der Waals surface area (Å²) in [7, 11) is 0. The highest BCUT2D eigenvalue weighted by molar-refractivity contribution is 8.00. The summed E-state index contributed by atoms with van der Waals surface area (Å²) >= 11 is 4.52. The summed E-state index contributed by atoms with van der Waals surface area (Å²) in [6.07, 6.45) is 51.8. The van der Waals surface area contributed by atoms with Crippen molar-refractivity contribution in [1.29, 1.82) is 0 Å². The fraction of sp³-hybridized carbons (Fsp3) is 0.907. The Morgan fingerprint density at radius 1 is 0.333 bits per heavy atom. The largest absolute Gasteiger partial charge is 0.161 e. The Hall–Kier alpha value is 0.180. The highest BCUT2D eigenvalue weighted by Gasteiger charge is 2.25. The van der Waals surface area contributed by atoms with E-state index in [0.29, 0.717) is 5.41 Å². The average molecular weight is 665 g/mol. The molecule has 0 aliphatic rings. The molecule has 0 atom stereocenters. The minimum absolute atomic E-state index is 0.570. The van der Waals surface area contributed by atoms with Crippen molar-refractivity contribution < 1.29 is 0 Å². The van der Waals surface area contributed by atoms with Gasteiger partial charge in [-0.1, -0.05) is 168 Å². The Bertz CT molecular complexity index is 543. The van der Waals surface area contributed by atoms with Gasteiger partial charge >= 0.3 is 0 Å². The van der Waals surface area contributed by atoms with Gasteiger partial charge in [-0.25, -0.2) is 0 Å². The summed E-state index contributed by atoms with van der Waals surface area (Å²) in [5, 5.41) is 0. The fourth-order valence-electron chi connectivity index (χ4n) is 6.18. The minimum atomic E-state index is 0.570. The maximum absolute atomic E-state index is 2.45. The fourth-order valence-corrected chi connectivity index (χ4v) is 9.30. The molecule has 0 amide bonds. The molecule has 268 valence electrons. The van der Waals surface area contributed by atoms with Crippen LogP contribution in [0.5, 0.6) is 0 Å². The molecule has 0 saturated heterocycles. The Morgan fingerprint density at radius 3 is 0.889 bits per heavy atom. The molecular weight excluding hydrogens is 581 g/mol. The second kappa shape index (κ2) is 38.6. The first-order chi connectivity index (χ1) is 22.2. The van der Waals surface area contributed by atoms with Gasteiger partial charge in [0.15, 0.2) is 0 Å². The van der Waals surface area contributed by atoms with Crippen molar-refractivity contribution in [3.8, 4) is 0 Å². The molecule has 0 unspecified atom stereocenters. The first-order valence-electron chi connectivity index (χ1n) is 20.7. The van der Waals surface area contributed by atoms with Gasteiger partial charge in [0.25, 0.3) is 0 Å². The molecule has 0 radical (unpaired) electrons. The lowest BCUT2D eigenvalue weighted by molar-refractivity contribution is 0.356. The lowest BCUT2D eigenvalue weighted by atomic mass is 9.87. The van der Waals surface area contributed by atoms with Gasteiger partial charge in [0.05, 0.1) is 0 Å². The van der Waals surface area contributed by atoms with Crippen LogP contribution in [0.15, 0.2) is 24.3 Å². The molecule has 0 rings (SSSR count). The molecule has 0 saturated carbocycles. The van der Waals surface area contributed by atoms with Gasteiger partial charge in [0.2, 0.25) is 0 Å². The molecule has 0 aromatic rings. The first kappa shape index (κ1) is 45.2. The van der Waals surface area contributed by atoms with E-state index in [4.69, 9.17) is 0 Å². The predicted octanol–water partition coefficient (Wildman–Crippen LogP) is 16.3. The van der Waals surface area contributed by atoms with Gasteiger partial charge in [0, 0.05) is 0 Å². The third kappa shape index (κ3) is 33.9. The second-order valence-corrected chi connectivity index (χ2v) is 16.4. The Labute approximate surface area is 295 Å². The molecule has 45 heavy (non-hydrogen) atoms. The van der Waals surface area contributed by atoms with E-state index in [0.717, 1.165) is 0 Å². The van der Waals surface area contributed by atoms with Crippen molar-refractivity contribution >= 4 is 23.5 Å². The van der Waals surface area contributed by atoms with Crippen LogP contribution in [0.25, 0.3) is 0 Å². The lowest BCUT2D eigenvalue weighted by Crippen LogP contribution is -2.25. The Kier molecular flexibility index (Phi) is 38.8. The number of rotatable bonds is 38. The van der Waals surface area contributed by atoms with E-state index in [1.165, 1.54) is 216 Å². The Balaban J connectivity index is 3.55. The second-order valence-electron chi connectivity index (χ2n) is 14.2. The summed E-state index contributed by atoms with van der Waals surface area (Å²) in [6, 6.07) is 0. The molecule has 2 heteroatoms. The molecule has 0 aromatic carbocycles. The van der Waals surface area contributed by atoms with Crippen molar-refractivity contribution in [2.45, 2.75) is 220 Å². The smallest absolute Gasteiger partial charge is 0.000311 e. The number of hydrogen-bond donors (Lipinski definition) is 0. The van der Waals surface area contributed by atoms with Crippen LogP contribution in [-0.2, 0) is 0 Å².